The Morgan fingerprint density at radius 1 is 0.822 bits per heavy atom. The first-order chi connectivity index (χ1) is 21.0. The van der Waals surface area contributed by atoms with Gasteiger partial charge in [0.15, 0.2) is 5.78 Å². The number of rotatable bonds is 2. The van der Waals surface area contributed by atoms with Gasteiger partial charge in [0, 0.05) is 24.3 Å². The Labute approximate surface area is 268 Å². The van der Waals surface area contributed by atoms with Crippen LogP contribution in [0.3, 0.4) is 0 Å². The SMILES string of the molecule is CC1(C)CC[C@]2(CN3C(=O)c4ccccc4C3=O)CC[C@]3(C)[C@@H](C(=O)C[C@@H]4[C@@]5(C)C=C(C#N)C(=O)C(C)(C)[C@@H]5CC[C@]43C)C2C1. The van der Waals surface area contributed by atoms with Crippen LogP contribution < -0.4 is 0 Å². The zero-order valence-corrected chi connectivity index (χ0v) is 28.1. The minimum atomic E-state index is -0.655. The standard InChI is InChI=1S/C39H48N2O4/c1-34(2)14-16-39(22-41-32(44)24-10-8-9-11-25(24)33(41)45)17-15-38(7)30(26(39)20-34)27(42)18-29-36(5)19-23(21-40)31(43)35(3,4)28(36)12-13-37(29,38)6/h8-11,19,26,28-30H,12-18,20,22H2,1-7H3/t26?,28-,29+,30+,36-,37+,38+,39+/m0/s1. The Balaban J connectivity index is 1.30. The summed E-state index contributed by atoms with van der Waals surface area (Å²) in [5, 5.41) is 10.0. The molecule has 0 aromatic heterocycles. The number of Topliss-reactive ketones (excluding diaryl/α,β-unsaturated/α-hetero) is 2. The number of benzene rings is 1. The van der Waals surface area contributed by atoms with Gasteiger partial charge in [-0.3, -0.25) is 24.1 Å². The lowest BCUT2D eigenvalue weighted by Gasteiger charge is -2.72. The molecule has 0 N–H and O–H groups in total. The van der Waals surface area contributed by atoms with Crippen molar-refractivity contribution in [1.29, 1.82) is 5.26 Å². The van der Waals surface area contributed by atoms with E-state index in [1.807, 2.05) is 32.1 Å². The highest BCUT2D eigenvalue weighted by Gasteiger charge is 2.72. The van der Waals surface area contributed by atoms with E-state index in [1.54, 1.807) is 12.1 Å². The van der Waals surface area contributed by atoms with Gasteiger partial charge in [0.05, 0.1) is 16.7 Å². The number of fused-ring (bicyclic) bond motifs is 8. The van der Waals surface area contributed by atoms with Crippen LogP contribution in [0.4, 0.5) is 0 Å². The maximum absolute atomic E-state index is 14.9. The summed E-state index contributed by atoms with van der Waals surface area (Å²) >= 11 is 0. The van der Waals surface area contributed by atoms with Gasteiger partial charge in [-0.25, -0.2) is 0 Å². The van der Waals surface area contributed by atoms with Crippen LogP contribution in [0.5, 0.6) is 0 Å². The number of hydrogen-bond acceptors (Lipinski definition) is 5. The summed E-state index contributed by atoms with van der Waals surface area (Å²) in [6, 6.07) is 9.35. The average Bonchev–Trinajstić information content (AvgIpc) is 3.21. The van der Waals surface area contributed by atoms with E-state index in [2.05, 4.69) is 40.7 Å². The Morgan fingerprint density at radius 3 is 2.07 bits per heavy atom. The molecule has 0 bridgehead atoms. The molecule has 45 heavy (non-hydrogen) atoms. The third-order valence-corrected chi connectivity index (χ3v) is 15.0. The first kappa shape index (κ1) is 30.6. The molecule has 4 fully saturated rings. The topological polar surface area (TPSA) is 95.3 Å². The van der Waals surface area contributed by atoms with Crippen LogP contribution in [-0.4, -0.2) is 34.8 Å². The first-order valence-corrected chi connectivity index (χ1v) is 17.1. The second-order valence-electron chi connectivity index (χ2n) is 17.8. The molecular weight excluding hydrogens is 560 g/mol. The van der Waals surface area contributed by atoms with Crippen molar-refractivity contribution in [3.63, 3.8) is 0 Å². The van der Waals surface area contributed by atoms with Crippen molar-refractivity contribution < 1.29 is 19.2 Å². The molecular formula is C39H48N2O4. The number of hydrogen-bond donors (Lipinski definition) is 0. The maximum Gasteiger partial charge on any atom is 0.261 e. The summed E-state index contributed by atoms with van der Waals surface area (Å²) in [6.07, 6.45) is 8.82. The molecule has 238 valence electrons. The molecule has 2 amide bonds. The van der Waals surface area contributed by atoms with Crippen LogP contribution in [0, 0.1) is 67.5 Å². The van der Waals surface area contributed by atoms with Crippen molar-refractivity contribution in [2.75, 3.05) is 6.54 Å². The van der Waals surface area contributed by atoms with Crippen molar-refractivity contribution in [2.45, 2.75) is 99.8 Å². The Bertz CT molecular complexity index is 1590. The number of nitriles is 1. The second-order valence-corrected chi connectivity index (χ2v) is 17.8. The molecule has 1 heterocycles. The summed E-state index contributed by atoms with van der Waals surface area (Å²) in [4.78, 5) is 57.0. The van der Waals surface area contributed by atoms with Crippen molar-refractivity contribution in [2.24, 2.45) is 56.2 Å². The van der Waals surface area contributed by atoms with E-state index < -0.39 is 10.8 Å². The first-order valence-electron chi connectivity index (χ1n) is 17.1. The van der Waals surface area contributed by atoms with Gasteiger partial charge >= 0.3 is 0 Å². The number of carbonyl (C=O) groups excluding carboxylic acids is 4. The molecule has 1 unspecified atom stereocenters. The van der Waals surface area contributed by atoms with Crippen LogP contribution in [0.25, 0.3) is 0 Å². The second kappa shape index (κ2) is 9.26. The molecule has 5 aliphatic carbocycles. The normalized spacial score (nSPS) is 42.9. The number of amides is 2. The molecule has 6 aliphatic rings. The zero-order valence-electron chi connectivity index (χ0n) is 28.1. The van der Waals surface area contributed by atoms with Crippen molar-refractivity contribution in [3.05, 3.63) is 47.0 Å². The number of imide groups is 1. The Kier molecular flexibility index (Phi) is 6.29. The lowest BCUT2D eigenvalue weighted by molar-refractivity contribution is -0.223. The van der Waals surface area contributed by atoms with E-state index in [0.29, 0.717) is 29.9 Å². The largest absolute Gasteiger partial charge is 0.299 e. The third-order valence-electron chi connectivity index (χ3n) is 15.0. The Morgan fingerprint density at radius 2 is 1.44 bits per heavy atom. The van der Waals surface area contributed by atoms with Gasteiger partial charge in [-0.2, -0.15) is 5.26 Å². The molecule has 0 saturated heterocycles. The fourth-order valence-electron chi connectivity index (χ4n) is 12.4. The van der Waals surface area contributed by atoms with Gasteiger partial charge in [-0.1, -0.05) is 66.7 Å². The van der Waals surface area contributed by atoms with Gasteiger partial charge in [0.25, 0.3) is 11.8 Å². The fraction of sp³-hybridized carbons (Fsp3) is 0.667. The van der Waals surface area contributed by atoms with E-state index in [4.69, 9.17) is 0 Å². The summed E-state index contributed by atoms with van der Waals surface area (Å²) in [5.41, 5.74) is -0.517. The van der Waals surface area contributed by atoms with Crippen LogP contribution in [0.2, 0.25) is 0 Å². The molecule has 8 atom stereocenters. The smallest absolute Gasteiger partial charge is 0.261 e. The highest BCUT2D eigenvalue weighted by molar-refractivity contribution is 6.21. The molecule has 7 rings (SSSR count). The molecule has 6 nitrogen and oxygen atoms in total. The summed E-state index contributed by atoms with van der Waals surface area (Å²) < 4.78 is 0. The van der Waals surface area contributed by atoms with Gasteiger partial charge < -0.3 is 0 Å². The number of carbonyl (C=O) groups is 4. The van der Waals surface area contributed by atoms with Crippen LogP contribution in [0.15, 0.2) is 35.9 Å². The summed E-state index contributed by atoms with van der Waals surface area (Å²) in [7, 11) is 0. The lowest BCUT2D eigenvalue weighted by atomic mass is 9.31. The number of allylic oxidation sites excluding steroid dienone is 2. The van der Waals surface area contributed by atoms with Crippen LogP contribution >= 0.6 is 0 Å². The van der Waals surface area contributed by atoms with Crippen molar-refractivity contribution in [3.8, 4) is 6.07 Å². The molecule has 0 radical (unpaired) electrons. The van der Waals surface area contributed by atoms with Crippen LogP contribution in [0.1, 0.15) is 121 Å². The zero-order chi connectivity index (χ0) is 32.5. The van der Waals surface area contributed by atoms with E-state index in [1.165, 1.54) is 4.90 Å². The van der Waals surface area contributed by atoms with Gasteiger partial charge in [0.1, 0.15) is 11.9 Å². The lowest BCUT2D eigenvalue weighted by Crippen LogP contribution is -2.69. The van der Waals surface area contributed by atoms with Gasteiger partial charge in [-0.05, 0) is 102 Å². The minimum absolute atomic E-state index is 0.0357. The predicted molar refractivity (Wildman–Crippen MR) is 171 cm³/mol. The van der Waals surface area contributed by atoms with Crippen molar-refractivity contribution in [1.82, 2.24) is 4.90 Å². The van der Waals surface area contributed by atoms with E-state index in [0.717, 1.165) is 44.9 Å². The predicted octanol–water partition coefficient (Wildman–Crippen LogP) is 7.58. The molecule has 1 aromatic carbocycles. The fourth-order valence-corrected chi connectivity index (χ4v) is 12.4. The molecule has 4 saturated carbocycles. The number of nitrogens with zero attached hydrogens (tertiary/aromatic N) is 2. The molecule has 1 aliphatic heterocycles. The summed E-state index contributed by atoms with van der Waals surface area (Å²) in [6.45, 7) is 16.0. The molecule has 0 spiro atoms. The van der Waals surface area contributed by atoms with E-state index in [-0.39, 0.29) is 68.5 Å². The minimum Gasteiger partial charge on any atom is -0.299 e. The van der Waals surface area contributed by atoms with Gasteiger partial charge in [0.2, 0.25) is 0 Å². The molecule has 6 heteroatoms. The summed E-state index contributed by atoms with van der Waals surface area (Å²) in [5.74, 6) is -0.136. The Hall–Kier alpha value is -3.07. The van der Waals surface area contributed by atoms with Gasteiger partial charge in [-0.15, -0.1) is 0 Å². The quantitative estimate of drug-likeness (QED) is 0.323. The monoisotopic (exact) mass is 608 g/mol. The highest BCUT2D eigenvalue weighted by atomic mass is 16.2. The van der Waals surface area contributed by atoms with E-state index in [9.17, 15) is 24.4 Å². The average molecular weight is 609 g/mol. The molecule has 1 aromatic rings. The third kappa shape index (κ3) is 3.79. The van der Waals surface area contributed by atoms with Crippen LogP contribution in [-0.2, 0) is 9.59 Å². The van der Waals surface area contributed by atoms with E-state index >= 15 is 0 Å². The van der Waals surface area contributed by atoms with Crippen molar-refractivity contribution >= 4 is 23.4 Å². The maximum atomic E-state index is 14.9. The highest BCUT2D eigenvalue weighted by Crippen LogP contribution is 2.76. The number of ketones is 2.